The number of ether oxygens (including phenoxy) is 1. The third kappa shape index (κ3) is 5.46. The number of hydrogen-bond donors (Lipinski definition) is 1. The summed E-state index contributed by atoms with van der Waals surface area (Å²) in [5.41, 5.74) is 2.27. The Morgan fingerprint density at radius 2 is 1.65 bits per heavy atom. The number of benzene rings is 2. The van der Waals surface area contributed by atoms with Crippen LogP contribution in [0.1, 0.15) is 55.5 Å². The fraction of sp³-hybridized carbons (Fsp3) is 0.346. The number of aromatic nitrogens is 2. The summed E-state index contributed by atoms with van der Waals surface area (Å²) in [6.07, 6.45) is -0.771. The maximum Gasteiger partial charge on any atom is 0.528 e. The lowest BCUT2D eigenvalue weighted by Gasteiger charge is -2.29. The summed E-state index contributed by atoms with van der Waals surface area (Å²) in [6.45, 7) is 8.46. The Kier molecular flexibility index (Phi) is 6.70. The van der Waals surface area contributed by atoms with Crippen molar-refractivity contribution in [2.45, 2.75) is 52.4 Å². The summed E-state index contributed by atoms with van der Waals surface area (Å²) in [7, 11) is 0. The first-order valence-corrected chi connectivity index (χ1v) is 11.4. The molecule has 1 N–H and O–H groups in total. The number of carbonyl (C=O) groups is 2. The van der Waals surface area contributed by atoms with Gasteiger partial charge in [0.2, 0.25) is 0 Å². The number of nitrogens with zero attached hydrogens (tertiary/aromatic N) is 3. The molecule has 2 heterocycles. The van der Waals surface area contributed by atoms with E-state index in [0.717, 1.165) is 11.1 Å². The van der Waals surface area contributed by atoms with Crippen LogP contribution in [0.3, 0.4) is 0 Å². The van der Waals surface area contributed by atoms with Gasteiger partial charge in [0, 0.05) is 12.1 Å². The minimum atomic E-state index is -0.771. The van der Waals surface area contributed by atoms with Crippen molar-refractivity contribution in [1.82, 2.24) is 19.9 Å². The van der Waals surface area contributed by atoms with Gasteiger partial charge in [-0.15, -0.1) is 5.06 Å². The first-order chi connectivity index (χ1) is 16.2. The van der Waals surface area contributed by atoms with Crippen LogP contribution in [0.5, 0.6) is 0 Å². The van der Waals surface area contributed by atoms with Crippen LogP contribution in [0, 0.1) is 0 Å². The molecule has 1 amide bonds. The maximum atomic E-state index is 13.3. The van der Waals surface area contributed by atoms with Crippen molar-refractivity contribution in [2.75, 3.05) is 6.54 Å². The van der Waals surface area contributed by atoms with Crippen LogP contribution in [-0.4, -0.2) is 38.8 Å². The molecule has 1 atom stereocenters. The average Bonchev–Trinajstić information content (AvgIpc) is 3.18. The molecule has 178 valence electrons. The van der Waals surface area contributed by atoms with E-state index in [2.05, 4.69) is 5.32 Å². The number of nitrogens with one attached hydrogen (secondary N) is 1. The second-order valence-corrected chi connectivity index (χ2v) is 9.27. The van der Waals surface area contributed by atoms with Gasteiger partial charge in [-0.1, -0.05) is 60.7 Å². The second-order valence-electron chi connectivity index (χ2n) is 9.27. The molecule has 0 saturated heterocycles. The number of fused-ring (bicyclic) bond motifs is 1. The second kappa shape index (κ2) is 9.69. The molecule has 4 rings (SSSR count). The van der Waals surface area contributed by atoms with Crippen molar-refractivity contribution >= 4 is 12.1 Å². The predicted molar refractivity (Wildman–Crippen MR) is 128 cm³/mol. The zero-order valence-corrected chi connectivity index (χ0v) is 19.9. The Labute approximate surface area is 199 Å². The fourth-order valence-electron chi connectivity index (χ4n) is 3.88. The number of amides is 1. The van der Waals surface area contributed by atoms with Crippen molar-refractivity contribution < 1.29 is 19.2 Å². The molecule has 0 bridgehead atoms. The van der Waals surface area contributed by atoms with Crippen LogP contribution in [0.2, 0.25) is 0 Å². The fourth-order valence-corrected chi connectivity index (χ4v) is 3.88. The normalized spacial score (nSPS) is 14.7. The van der Waals surface area contributed by atoms with Gasteiger partial charge < -0.3 is 19.5 Å². The Balaban J connectivity index is 1.61. The Morgan fingerprint density at radius 1 is 1.00 bits per heavy atom. The van der Waals surface area contributed by atoms with Crippen molar-refractivity contribution in [1.29, 1.82) is 0 Å². The first-order valence-electron chi connectivity index (χ1n) is 11.4. The lowest BCUT2D eigenvalue weighted by atomic mass is 10.1. The lowest BCUT2D eigenvalue weighted by molar-refractivity contribution is -0.155. The van der Waals surface area contributed by atoms with Gasteiger partial charge in [0.15, 0.2) is 5.69 Å². The van der Waals surface area contributed by atoms with Crippen LogP contribution in [-0.2, 0) is 22.7 Å². The van der Waals surface area contributed by atoms with E-state index in [1.807, 2.05) is 72.2 Å². The van der Waals surface area contributed by atoms with Crippen molar-refractivity contribution in [3.8, 4) is 11.4 Å². The van der Waals surface area contributed by atoms with Crippen LogP contribution in [0.4, 0.5) is 4.79 Å². The minimum Gasteiger partial charge on any atom is -0.427 e. The molecule has 1 aliphatic heterocycles. The van der Waals surface area contributed by atoms with Crippen molar-refractivity contribution in [3.05, 3.63) is 77.6 Å². The molecule has 2 aromatic carbocycles. The quantitative estimate of drug-likeness (QED) is 0.552. The molecule has 0 saturated carbocycles. The van der Waals surface area contributed by atoms with Gasteiger partial charge >= 0.3 is 6.16 Å². The van der Waals surface area contributed by atoms with Gasteiger partial charge in [-0.25, -0.2) is 9.78 Å². The third-order valence-corrected chi connectivity index (χ3v) is 5.46. The average molecular weight is 463 g/mol. The maximum absolute atomic E-state index is 13.3. The summed E-state index contributed by atoms with van der Waals surface area (Å²) in [5, 5.41) is 4.56. The number of carbonyl (C=O) groups excluding carboxylic acids is 2. The molecule has 0 spiro atoms. The number of rotatable bonds is 5. The largest absolute Gasteiger partial charge is 0.528 e. The van der Waals surface area contributed by atoms with E-state index in [1.54, 1.807) is 20.8 Å². The Morgan fingerprint density at radius 3 is 2.29 bits per heavy atom. The summed E-state index contributed by atoms with van der Waals surface area (Å²) >= 11 is 0. The van der Waals surface area contributed by atoms with E-state index in [1.165, 1.54) is 5.06 Å². The highest BCUT2D eigenvalue weighted by atomic mass is 16.8. The van der Waals surface area contributed by atoms with E-state index in [-0.39, 0.29) is 18.5 Å². The molecule has 0 radical (unpaired) electrons. The lowest BCUT2D eigenvalue weighted by Crippen LogP contribution is -2.38. The van der Waals surface area contributed by atoms with Gasteiger partial charge in [-0.3, -0.25) is 4.79 Å². The highest BCUT2D eigenvalue weighted by molar-refractivity contribution is 5.94. The van der Waals surface area contributed by atoms with E-state index >= 15 is 0 Å². The van der Waals surface area contributed by atoms with Gasteiger partial charge in [0.05, 0.1) is 24.8 Å². The van der Waals surface area contributed by atoms with Crippen LogP contribution in [0.15, 0.2) is 60.7 Å². The van der Waals surface area contributed by atoms with Gasteiger partial charge in [-0.2, -0.15) is 0 Å². The molecule has 8 nitrogen and oxygen atoms in total. The predicted octanol–water partition coefficient (Wildman–Crippen LogP) is 4.72. The SMILES string of the molecule is C[C@H](NC(=O)c1nc(-c2ccccc2)n2c1CN(OC(=O)OC(C)(C)C)CC2)c1ccccc1. The Bertz CT molecular complexity index is 1150. The van der Waals surface area contributed by atoms with Gasteiger partial charge in [-0.05, 0) is 33.3 Å². The summed E-state index contributed by atoms with van der Waals surface area (Å²) in [5.74, 6) is 0.437. The van der Waals surface area contributed by atoms with Crippen LogP contribution >= 0.6 is 0 Å². The molecule has 3 aromatic rings. The zero-order chi connectivity index (χ0) is 24.3. The molecule has 34 heavy (non-hydrogen) atoms. The van der Waals surface area contributed by atoms with Crippen molar-refractivity contribution in [2.24, 2.45) is 0 Å². The number of hydroxylamine groups is 2. The molecular formula is C26H30N4O4. The minimum absolute atomic E-state index is 0.191. The van der Waals surface area contributed by atoms with E-state index in [4.69, 9.17) is 14.6 Å². The highest BCUT2D eigenvalue weighted by Crippen LogP contribution is 2.27. The van der Waals surface area contributed by atoms with Crippen LogP contribution < -0.4 is 5.32 Å². The van der Waals surface area contributed by atoms with E-state index < -0.39 is 11.8 Å². The smallest absolute Gasteiger partial charge is 0.427 e. The van der Waals surface area contributed by atoms with Crippen molar-refractivity contribution in [3.63, 3.8) is 0 Å². The van der Waals surface area contributed by atoms with Gasteiger partial charge in [0.25, 0.3) is 5.91 Å². The first kappa shape index (κ1) is 23.5. The third-order valence-electron chi connectivity index (χ3n) is 5.46. The number of hydrogen-bond acceptors (Lipinski definition) is 6. The Hall–Kier alpha value is -3.65. The van der Waals surface area contributed by atoms with Crippen LogP contribution in [0.25, 0.3) is 11.4 Å². The van der Waals surface area contributed by atoms with Gasteiger partial charge in [0.1, 0.15) is 11.4 Å². The molecular weight excluding hydrogens is 432 g/mol. The molecule has 1 aliphatic rings. The monoisotopic (exact) mass is 462 g/mol. The van der Waals surface area contributed by atoms with E-state index in [0.29, 0.717) is 30.3 Å². The summed E-state index contributed by atoms with van der Waals surface area (Å²) in [4.78, 5) is 35.7. The summed E-state index contributed by atoms with van der Waals surface area (Å²) < 4.78 is 7.30. The highest BCUT2D eigenvalue weighted by Gasteiger charge is 2.31. The summed E-state index contributed by atoms with van der Waals surface area (Å²) in [6, 6.07) is 19.3. The number of imidazole rings is 1. The topological polar surface area (TPSA) is 85.7 Å². The standard InChI is InChI=1S/C26H30N4O4/c1-18(19-11-7-5-8-12-19)27-24(31)22-21-17-29(34-25(32)33-26(2,3)4)15-16-30(21)23(28-22)20-13-9-6-10-14-20/h5-14,18H,15-17H2,1-4H3,(H,27,31)/t18-/m0/s1. The molecule has 0 unspecified atom stereocenters. The van der Waals surface area contributed by atoms with E-state index in [9.17, 15) is 9.59 Å². The molecule has 8 heteroatoms. The molecule has 0 aliphatic carbocycles. The zero-order valence-electron chi connectivity index (χ0n) is 19.9. The molecule has 1 aromatic heterocycles. The molecule has 0 fully saturated rings.